The van der Waals surface area contributed by atoms with E-state index in [0.29, 0.717) is 41.0 Å². The molecule has 1 aliphatic heterocycles. The molecule has 1 N–H and O–H groups in total. The highest BCUT2D eigenvalue weighted by atomic mass is 16.5. The summed E-state index contributed by atoms with van der Waals surface area (Å²) in [5.41, 5.74) is 5.80. The van der Waals surface area contributed by atoms with Gasteiger partial charge in [-0.05, 0) is 55.9 Å². The molecule has 7 nitrogen and oxygen atoms in total. The second-order valence-corrected chi connectivity index (χ2v) is 9.52. The van der Waals surface area contributed by atoms with Crippen molar-refractivity contribution in [3.8, 4) is 17.7 Å². The van der Waals surface area contributed by atoms with E-state index in [9.17, 15) is 10.1 Å². The molecular weight excluding hydrogens is 466 g/mol. The van der Waals surface area contributed by atoms with Crippen LogP contribution in [0.3, 0.4) is 0 Å². The summed E-state index contributed by atoms with van der Waals surface area (Å²) < 4.78 is 17.8. The van der Waals surface area contributed by atoms with E-state index in [4.69, 9.17) is 14.2 Å². The molecule has 0 saturated heterocycles. The maximum atomic E-state index is 13.7. The Morgan fingerprint density at radius 3 is 2.65 bits per heavy atom. The fourth-order valence-electron chi connectivity index (χ4n) is 4.66. The van der Waals surface area contributed by atoms with Crippen LogP contribution in [-0.2, 0) is 16.1 Å². The summed E-state index contributed by atoms with van der Waals surface area (Å²) in [6.07, 6.45) is 4.08. The SMILES string of the molecule is COc1cc(C#N)ccc1C1C(C(=O)OCc2ccccc2)=C(C)Nc2c(C)cnc(OCC3CC3)c21. The number of benzene rings is 2. The van der Waals surface area contributed by atoms with Crippen LogP contribution < -0.4 is 14.8 Å². The number of hydrogen-bond acceptors (Lipinski definition) is 7. The second kappa shape index (κ2) is 10.4. The summed E-state index contributed by atoms with van der Waals surface area (Å²) in [5.74, 6) is 0.519. The lowest BCUT2D eigenvalue weighted by atomic mass is 9.79. The van der Waals surface area contributed by atoms with Gasteiger partial charge in [-0.3, -0.25) is 0 Å². The molecule has 1 aliphatic carbocycles. The number of nitrogens with one attached hydrogen (secondary N) is 1. The normalized spacial score (nSPS) is 16.3. The Morgan fingerprint density at radius 2 is 1.95 bits per heavy atom. The summed E-state index contributed by atoms with van der Waals surface area (Å²) in [6, 6.07) is 17.0. The third kappa shape index (κ3) is 5.01. The van der Waals surface area contributed by atoms with Gasteiger partial charge in [0.1, 0.15) is 12.4 Å². The molecule has 1 saturated carbocycles. The molecule has 1 atom stereocenters. The van der Waals surface area contributed by atoms with Crippen molar-refractivity contribution in [2.75, 3.05) is 19.0 Å². The van der Waals surface area contributed by atoms with E-state index in [2.05, 4.69) is 16.4 Å². The predicted octanol–water partition coefficient (Wildman–Crippen LogP) is 5.63. The molecule has 1 unspecified atom stereocenters. The number of hydrogen-bond donors (Lipinski definition) is 1. The molecule has 2 aliphatic rings. The van der Waals surface area contributed by atoms with Crippen molar-refractivity contribution in [1.82, 2.24) is 4.98 Å². The lowest BCUT2D eigenvalue weighted by molar-refractivity contribution is -0.140. The summed E-state index contributed by atoms with van der Waals surface area (Å²) >= 11 is 0. The first kappa shape index (κ1) is 24.4. The van der Waals surface area contributed by atoms with Crippen molar-refractivity contribution in [1.29, 1.82) is 5.26 Å². The van der Waals surface area contributed by atoms with Crippen LogP contribution >= 0.6 is 0 Å². The van der Waals surface area contributed by atoms with E-state index < -0.39 is 11.9 Å². The van der Waals surface area contributed by atoms with E-state index in [1.54, 1.807) is 25.4 Å². The molecule has 0 spiro atoms. The summed E-state index contributed by atoms with van der Waals surface area (Å²) in [4.78, 5) is 18.3. The molecule has 2 heterocycles. The number of pyridine rings is 1. The van der Waals surface area contributed by atoms with Crippen molar-refractivity contribution in [2.45, 2.75) is 39.2 Å². The lowest BCUT2D eigenvalue weighted by Crippen LogP contribution is -2.26. The van der Waals surface area contributed by atoms with Crippen molar-refractivity contribution in [2.24, 2.45) is 5.92 Å². The smallest absolute Gasteiger partial charge is 0.337 e. The average molecular weight is 496 g/mol. The van der Waals surface area contributed by atoms with E-state index in [-0.39, 0.29) is 6.61 Å². The van der Waals surface area contributed by atoms with Crippen LogP contribution in [0.4, 0.5) is 5.69 Å². The number of carbonyl (C=O) groups excluding carboxylic acids is 1. The molecular formula is C30H29N3O4. The molecule has 2 aromatic carbocycles. The average Bonchev–Trinajstić information content (AvgIpc) is 3.76. The minimum atomic E-state index is -0.566. The first-order valence-electron chi connectivity index (χ1n) is 12.4. The Morgan fingerprint density at radius 1 is 1.16 bits per heavy atom. The molecule has 0 radical (unpaired) electrons. The van der Waals surface area contributed by atoms with Gasteiger partial charge in [0.25, 0.3) is 0 Å². The van der Waals surface area contributed by atoms with Gasteiger partial charge in [0.15, 0.2) is 0 Å². The Balaban J connectivity index is 1.63. The number of aromatic nitrogens is 1. The molecule has 188 valence electrons. The maximum absolute atomic E-state index is 13.7. The zero-order valence-corrected chi connectivity index (χ0v) is 21.2. The Bertz CT molecular complexity index is 1400. The van der Waals surface area contributed by atoms with Crippen LogP contribution in [0.5, 0.6) is 11.6 Å². The minimum Gasteiger partial charge on any atom is -0.496 e. The number of carbonyl (C=O) groups is 1. The number of methoxy groups -OCH3 is 1. The molecule has 37 heavy (non-hydrogen) atoms. The van der Waals surface area contributed by atoms with E-state index >= 15 is 0 Å². The predicted molar refractivity (Wildman–Crippen MR) is 139 cm³/mol. The number of fused-ring (bicyclic) bond motifs is 1. The number of aryl methyl sites for hydroxylation is 1. The standard InChI is InChI=1S/C30H29N3O4/c1-18-15-32-29(36-16-21-9-10-21)27-26(23-12-11-22(14-31)13-24(23)35-3)25(19(2)33-28(18)27)30(34)37-17-20-7-5-4-6-8-20/h4-8,11-13,15,21,26,33H,9-10,16-17H2,1-3H3. The molecule has 7 heteroatoms. The van der Waals surface area contributed by atoms with Gasteiger partial charge >= 0.3 is 5.97 Å². The number of anilines is 1. The second-order valence-electron chi connectivity index (χ2n) is 9.52. The van der Waals surface area contributed by atoms with Gasteiger partial charge in [-0.1, -0.05) is 36.4 Å². The molecule has 3 aromatic rings. The third-order valence-corrected chi connectivity index (χ3v) is 6.82. The van der Waals surface area contributed by atoms with Gasteiger partial charge in [0.05, 0.1) is 48.1 Å². The van der Waals surface area contributed by atoms with Crippen LogP contribution in [0.1, 0.15) is 53.5 Å². The van der Waals surface area contributed by atoms with Gasteiger partial charge in [0, 0.05) is 17.5 Å². The number of esters is 1. The van der Waals surface area contributed by atoms with Crippen molar-refractivity contribution < 1.29 is 19.0 Å². The Hall–Kier alpha value is -4.31. The van der Waals surface area contributed by atoms with Crippen LogP contribution in [0.25, 0.3) is 0 Å². The van der Waals surface area contributed by atoms with Crippen LogP contribution in [0.15, 0.2) is 66.0 Å². The van der Waals surface area contributed by atoms with E-state index in [1.165, 1.54) is 0 Å². The zero-order chi connectivity index (χ0) is 25.9. The van der Waals surface area contributed by atoms with Crippen molar-refractivity contribution in [3.05, 3.63) is 93.8 Å². The van der Waals surface area contributed by atoms with Gasteiger partial charge in [-0.25, -0.2) is 9.78 Å². The van der Waals surface area contributed by atoms with Gasteiger partial charge < -0.3 is 19.5 Å². The van der Waals surface area contributed by atoms with Crippen molar-refractivity contribution >= 4 is 11.7 Å². The quantitative estimate of drug-likeness (QED) is 0.405. The van der Waals surface area contributed by atoms with Gasteiger partial charge in [0.2, 0.25) is 5.88 Å². The molecule has 1 aromatic heterocycles. The molecule has 1 fully saturated rings. The molecule has 0 bridgehead atoms. The largest absolute Gasteiger partial charge is 0.496 e. The number of rotatable bonds is 8. The summed E-state index contributed by atoms with van der Waals surface area (Å²) in [7, 11) is 1.56. The van der Waals surface area contributed by atoms with Crippen molar-refractivity contribution in [3.63, 3.8) is 0 Å². The number of nitriles is 1. The summed E-state index contributed by atoms with van der Waals surface area (Å²) in [6.45, 7) is 4.58. The third-order valence-electron chi connectivity index (χ3n) is 6.82. The highest BCUT2D eigenvalue weighted by Gasteiger charge is 2.39. The first-order valence-corrected chi connectivity index (χ1v) is 12.4. The monoisotopic (exact) mass is 495 g/mol. The van der Waals surface area contributed by atoms with E-state index in [0.717, 1.165) is 40.8 Å². The first-order chi connectivity index (χ1) is 18.0. The van der Waals surface area contributed by atoms with Crippen LogP contribution in [0, 0.1) is 24.2 Å². The van der Waals surface area contributed by atoms with Crippen LogP contribution in [-0.4, -0.2) is 24.7 Å². The van der Waals surface area contributed by atoms with Gasteiger partial charge in [-0.2, -0.15) is 5.26 Å². The molecule has 0 amide bonds. The fourth-order valence-corrected chi connectivity index (χ4v) is 4.66. The minimum absolute atomic E-state index is 0.150. The zero-order valence-electron chi connectivity index (χ0n) is 21.2. The van der Waals surface area contributed by atoms with Gasteiger partial charge in [-0.15, -0.1) is 0 Å². The highest BCUT2D eigenvalue weighted by Crippen LogP contribution is 2.49. The number of allylic oxidation sites excluding steroid dienone is 1. The number of nitrogens with zero attached hydrogens (tertiary/aromatic N) is 2. The summed E-state index contributed by atoms with van der Waals surface area (Å²) in [5, 5.41) is 12.9. The topological polar surface area (TPSA) is 93.5 Å². The number of ether oxygens (including phenoxy) is 3. The molecule has 5 rings (SSSR count). The Labute approximate surface area is 216 Å². The Kier molecular flexibility index (Phi) is 6.82. The van der Waals surface area contributed by atoms with E-state index in [1.807, 2.05) is 50.2 Å². The fraction of sp³-hybridized carbons (Fsp3) is 0.300. The maximum Gasteiger partial charge on any atom is 0.337 e. The lowest BCUT2D eigenvalue weighted by Gasteiger charge is -2.32. The highest BCUT2D eigenvalue weighted by molar-refractivity contribution is 5.95. The van der Waals surface area contributed by atoms with Crippen LogP contribution in [0.2, 0.25) is 0 Å².